The minimum Gasteiger partial charge on any atom is -0.469 e. The van der Waals surface area contributed by atoms with Crippen molar-refractivity contribution in [3.8, 4) is 0 Å². The zero-order valence-corrected chi connectivity index (χ0v) is 13.0. The minimum atomic E-state index is -0.642. The second kappa shape index (κ2) is 6.56. The quantitative estimate of drug-likeness (QED) is 0.511. The molecular formula is C15H21NO5. The lowest BCUT2D eigenvalue weighted by Crippen LogP contribution is -2.24. The molecule has 1 rings (SSSR count). The van der Waals surface area contributed by atoms with Crippen LogP contribution in [0.4, 0.5) is 0 Å². The lowest BCUT2D eigenvalue weighted by molar-refractivity contribution is -0.140. The molecule has 0 aliphatic carbocycles. The van der Waals surface area contributed by atoms with E-state index >= 15 is 0 Å². The highest BCUT2D eigenvalue weighted by Gasteiger charge is 2.25. The molecule has 0 atom stereocenters. The zero-order valence-electron chi connectivity index (χ0n) is 13.0. The summed E-state index contributed by atoms with van der Waals surface area (Å²) in [7, 11) is 1.30. The molecule has 1 aromatic rings. The van der Waals surface area contributed by atoms with E-state index in [0.29, 0.717) is 29.5 Å². The predicted octanol–water partition coefficient (Wildman–Crippen LogP) is 2.20. The normalized spacial score (nSPS) is 11.1. The van der Waals surface area contributed by atoms with E-state index in [1.807, 2.05) is 0 Å². The largest absolute Gasteiger partial charge is 0.469 e. The number of methoxy groups -OCH3 is 1. The molecule has 1 aromatic heterocycles. The summed E-state index contributed by atoms with van der Waals surface area (Å²) in [6.45, 7) is 7.00. The molecule has 6 nitrogen and oxygen atoms in total. The number of aromatic amines is 1. The van der Waals surface area contributed by atoms with Gasteiger partial charge in [-0.3, -0.25) is 9.59 Å². The molecule has 21 heavy (non-hydrogen) atoms. The van der Waals surface area contributed by atoms with Gasteiger partial charge in [0.15, 0.2) is 6.29 Å². The van der Waals surface area contributed by atoms with E-state index in [1.165, 1.54) is 7.11 Å². The molecule has 0 aliphatic rings. The summed E-state index contributed by atoms with van der Waals surface area (Å²) in [6, 6.07) is 0. The van der Waals surface area contributed by atoms with Crippen LogP contribution in [-0.4, -0.2) is 35.9 Å². The number of nitrogens with one attached hydrogen (secondary N) is 1. The first-order valence-corrected chi connectivity index (χ1v) is 6.66. The van der Waals surface area contributed by atoms with E-state index in [4.69, 9.17) is 4.74 Å². The maximum Gasteiger partial charge on any atom is 0.355 e. The van der Waals surface area contributed by atoms with Gasteiger partial charge in [-0.2, -0.15) is 0 Å². The van der Waals surface area contributed by atoms with Crippen molar-refractivity contribution in [2.75, 3.05) is 7.11 Å². The summed E-state index contributed by atoms with van der Waals surface area (Å²) in [4.78, 5) is 37.2. The molecular weight excluding hydrogens is 275 g/mol. The maximum absolute atomic E-state index is 12.2. The van der Waals surface area contributed by atoms with Gasteiger partial charge in [-0.1, -0.05) is 0 Å². The minimum absolute atomic E-state index is 0.128. The van der Waals surface area contributed by atoms with Crippen molar-refractivity contribution >= 4 is 18.2 Å². The van der Waals surface area contributed by atoms with E-state index in [0.717, 1.165) is 0 Å². The van der Waals surface area contributed by atoms with Crippen LogP contribution in [0.5, 0.6) is 0 Å². The number of esters is 2. The van der Waals surface area contributed by atoms with Crippen molar-refractivity contribution in [1.82, 2.24) is 4.98 Å². The third-order valence-electron chi connectivity index (χ3n) is 2.95. The molecule has 0 saturated carbocycles. The number of rotatable bonds is 5. The van der Waals surface area contributed by atoms with Gasteiger partial charge >= 0.3 is 11.9 Å². The fourth-order valence-electron chi connectivity index (χ4n) is 1.92. The molecule has 0 fully saturated rings. The van der Waals surface area contributed by atoms with Gasteiger partial charge in [-0.25, -0.2) is 4.79 Å². The van der Waals surface area contributed by atoms with E-state index in [-0.39, 0.29) is 18.1 Å². The average Bonchev–Trinajstić information content (AvgIpc) is 2.70. The Kier molecular flexibility index (Phi) is 5.29. The van der Waals surface area contributed by atoms with Crippen molar-refractivity contribution in [1.29, 1.82) is 0 Å². The fraction of sp³-hybridized carbons (Fsp3) is 0.533. The van der Waals surface area contributed by atoms with Crippen molar-refractivity contribution in [3.05, 3.63) is 22.5 Å². The van der Waals surface area contributed by atoms with E-state index in [2.05, 4.69) is 9.72 Å². The highest BCUT2D eigenvalue weighted by molar-refractivity contribution is 5.92. The molecule has 6 heteroatoms. The van der Waals surface area contributed by atoms with Crippen LogP contribution in [0.1, 0.15) is 59.3 Å². The number of carbonyl (C=O) groups is 3. The van der Waals surface area contributed by atoms with Crippen LogP contribution in [0.15, 0.2) is 0 Å². The molecule has 116 valence electrons. The van der Waals surface area contributed by atoms with Gasteiger partial charge in [-0.05, 0) is 45.2 Å². The average molecular weight is 296 g/mol. The summed E-state index contributed by atoms with van der Waals surface area (Å²) in [6.07, 6.45) is 1.07. The SMILES string of the molecule is COC(=O)CCc1c(C(=O)OC(C)(C)C)[nH]c([13CH]=O)c1C. The van der Waals surface area contributed by atoms with Gasteiger partial charge in [0.1, 0.15) is 11.3 Å². The Morgan fingerprint density at radius 1 is 1.29 bits per heavy atom. The van der Waals surface area contributed by atoms with Crippen LogP contribution in [0, 0.1) is 6.92 Å². The maximum atomic E-state index is 12.2. The fourth-order valence-corrected chi connectivity index (χ4v) is 1.92. The smallest absolute Gasteiger partial charge is 0.355 e. The standard InChI is InChI=1S/C15H21NO5/c1-9-10(6-7-12(18)20-5)13(16-11(9)8-17)14(19)21-15(2,3)4/h8,16H,6-7H2,1-5H3/i8+1. The second-order valence-corrected chi connectivity index (χ2v) is 5.71. The van der Waals surface area contributed by atoms with Gasteiger partial charge in [-0.15, -0.1) is 0 Å². The van der Waals surface area contributed by atoms with Gasteiger partial charge in [0.05, 0.1) is 12.8 Å². The van der Waals surface area contributed by atoms with E-state index in [9.17, 15) is 14.4 Å². The van der Waals surface area contributed by atoms with Crippen LogP contribution >= 0.6 is 0 Å². The number of carbonyl (C=O) groups excluding carboxylic acids is 3. The summed E-state index contributed by atoms with van der Waals surface area (Å²) in [5.41, 5.74) is 1.15. The molecule has 0 spiro atoms. The first kappa shape index (κ1) is 16.9. The summed E-state index contributed by atoms with van der Waals surface area (Å²) in [5.74, 6) is -0.919. The molecule has 0 aliphatic heterocycles. The first-order chi connectivity index (χ1) is 9.69. The number of H-pyrrole nitrogens is 1. The van der Waals surface area contributed by atoms with Gasteiger partial charge in [0.2, 0.25) is 0 Å². The first-order valence-electron chi connectivity index (χ1n) is 6.66. The van der Waals surface area contributed by atoms with Crippen LogP contribution < -0.4 is 0 Å². The summed E-state index contributed by atoms with van der Waals surface area (Å²) in [5, 5.41) is 0. The predicted molar refractivity (Wildman–Crippen MR) is 76.4 cm³/mol. The summed E-state index contributed by atoms with van der Waals surface area (Å²) >= 11 is 0. The van der Waals surface area contributed by atoms with E-state index in [1.54, 1.807) is 27.7 Å². The molecule has 0 aromatic carbocycles. The Hall–Kier alpha value is -2.11. The monoisotopic (exact) mass is 296 g/mol. The molecule has 0 radical (unpaired) electrons. The summed E-state index contributed by atoms with van der Waals surface area (Å²) < 4.78 is 9.90. The van der Waals surface area contributed by atoms with Crippen LogP contribution in [0.3, 0.4) is 0 Å². The van der Waals surface area contributed by atoms with Gasteiger partial charge < -0.3 is 14.5 Å². The van der Waals surface area contributed by atoms with Crippen molar-refractivity contribution in [2.45, 2.75) is 46.1 Å². The molecule has 0 unspecified atom stereocenters. The topological polar surface area (TPSA) is 85.5 Å². The van der Waals surface area contributed by atoms with Crippen LogP contribution in [-0.2, 0) is 20.7 Å². The van der Waals surface area contributed by atoms with Crippen LogP contribution in [0.2, 0.25) is 0 Å². The Labute approximate surface area is 123 Å². The van der Waals surface area contributed by atoms with Crippen LogP contribution in [0.25, 0.3) is 0 Å². The zero-order chi connectivity index (χ0) is 16.2. The Morgan fingerprint density at radius 2 is 1.90 bits per heavy atom. The Bertz CT molecular complexity index is 551. The third kappa shape index (κ3) is 4.44. The second-order valence-electron chi connectivity index (χ2n) is 5.71. The molecule has 1 N–H and O–H groups in total. The lowest BCUT2D eigenvalue weighted by Gasteiger charge is -2.19. The number of hydrogen-bond acceptors (Lipinski definition) is 5. The molecule has 1 heterocycles. The number of ether oxygens (including phenoxy) is 2. The van der Waals surface area contributed by atoms with Crippen molar-refractivity contribution in [3.63, 3.8) is 0 Å². The van der Waals surface area contributed by atoms with Gasteiger partial charge in [0, 0.05) is 6.42 Å². The number of hydrogen-bond donors (Lipinski definition) is 1. The Morgan fingerprint density at radius 3 is 2.38 bits per heavy atom. The lowest BCUT2D eigenvalue weighted by atomic mass is 10.1. The van der Waals surface area contributed by atoms with Crippen molar-refractivity contribution < 1.29 is 23.9 Å². The van der Waals surface area contributed by atoms with Gasteiger partial charge in [0.25, 0.3) is 0 Å². The molecule has 0 amide bonds. The molecule has 0 bridgehead atoms. The highest BCUT2D eigenvalue weighted by atomic mass is 16.6. The molecule has 0 saturated heterocycles. The van der Waals surface area contributed by atoms with Crippen molar-refractivity contribution in [2.24, 2.45) is 0 Å². The highest BCUT2D eigenvalue weighted by Crippen LogP contribution is 2.22. The Balaban J connectivity index is 3.09. The van der Waals surface area contributed by atoms with E-state index < -0.39 is 11.6 Å². The number of aldehydes is 1. The third-order valence-corrected chi connectivity index (χ3v) is 2.95. The number of aromatic nitrogens is 1.